The highest BCUT2D eigenvalue weighted by molar-refractivity contribution is 6.02. The van der Waals surface area contributed by atoms with E-state index in [2.05, 4.69) is 16.5 Å². The maximum absolute atomic E-state index is 12.4. The van der Waals surface area contributed by atoms with Crippen LogP contribution in [0.3, 0.4) is 0 Å². The van der Waals surface area contributed by atoms with Gasteiger partial charge in [0.1, 0.15) is 5.52 Å². The van der Waals surface area contributed by atoms with Gasteiger partial charge < -0.3 is 4.42 Å². The summed E-state index contributed by atoms with van der Waals surface area (Å²) < 4.78 is 7.13. The minimum atomic E-state index is -0.201. The number of fused-ring (bicyclic) bond motifs is 3. The normalized spacial score (nSPS) is 11.3. The average molecular weight is 269 g/mol. The molecule has 0 aromatic carbocycles. The van der Waals surface area contributed by atoms with Crippen molar-refractivity contribution in [2.75, 3.05) is 0 Å². The molecule has 3 aromatic heterocycles. The molecule has 0 aliphatic heterocycles. The van der Waals surface area contributed by atoms with Gasteiger partial charge in [0.05, 0.1) is 11.7 Å². The van der Waals surface area contributed by atoms with Gasteiger partial charge in [-0.05, 0) is 32.4 Å². The lowest BCUT2D eigenvalue weighted by molar-refractivity contribution is 0.629. The highest BCUT2D eigenvalue weighted by Crippen LogP contribution is 2.26. The van der Waals surface area contributed by atoms with Gasteiger partial charge in [0.15, 0.2) is 0 Å². The molecule has 3 heterocycles. The maximum atomic E-state index is 12.4. The maximum Gasteiger partial charge on any atom is 0.297 e. The fourth-order valence-electron chi connectivity index (χ4n) is 2.40. The van der Waals surface area contributed by atoms with E-state index < -0.39 is 0 Å². The van der Waals surface area contributed by atoms with Gasteiger partial charge >= 0.3 is 0 Å². The van der Waals surface area contributed by atoms with E-state index in [0.29, 0.717) is 17.8 Å². The Morgan fingerprint density at radius 2 is 2.20 bits per heavy atom. The van der Waals surface area contributed by atoms with Crippen LogP contribution < -0.4 is 5.56 Å². The Kier molecular flexibility index (Phi) is 2.71. The molecule has 5 nitrogen and oxygen atoms in total. The van der Waals surface area contributed by atoms with Crippen LogP contribution >= 0.6 is 0 Å². The van der Waals surface area contributed by atoms with Crippen molar-refractivity contribution < 1.29 is 4.42 Å². The first kappa shape index (κ1) is 12.6. The lowest BCUT2D eigenvalue weighted by Gasteiger charge is -2.03. The number of aromatic nitrogens is 3. The van der Waals surface area contributed by atoms with Crippen molar-refractivity contribution in [3.05, 3.63) is 46.2 Å². The Morgan fingerprint density at radius 1 is 1.45 bits per heavy atom. The second-order valence-corrected chi connectivity index (χ2v) is 5.18. The Bertz CT molecular complexity index is 903. The molecule has 0 fully saturated rings. The van der Waals surface area contributed by atoms with Gasteiger partial charge in [-0.25, -0.2) is 9.97 Å². The monoisotopic (exact) mass is 269 g/mol. The molecule has 0 unspecified atom stereocenters. The summed E-state index contributed by atoms with van der Waals surface area (Å²) in [5, 5.41) is 0.810. The molecular formula is C15H15N3O2. The van der Waals surface area contributed by atoms with Gasteiger partial charge in [-0.3, -0.25) is 9.36 Å². The summed E-state index contributed by atoms with van der Waals surface area (Å²) in [5.74, 6) is 0. The molecule has 0 aliphatic rings. The van der Waals surface area contributed by atoms with Crippen molar-refractivity contribution in [2.24, 2.45) is 0 Å². The zero-order valence-corrected chi connectivity index (χ0v) is 11.7. The molecule has 3 rings (SSSR count). The Hall–Kier alpha value is -2.43. The lowest BCUT2D eigenvalue weighted by atomic mass is 10.1. The predicted octanol–water partition coefficient (Wildman–Crippen LogP) is 2.73. The molecule has 0 N–H and O–H groups in total. The van der Waals surface area contributed by atoms with E-state index in [4.69, 9.17) is 4.42 Å². The Labute approximate surface area is 115 Å². The Balaban J connectivity index is 2.39. The third-order valence-corrected chi connectivity index (χ3v) is 3.18. The number of hydrogen-bond acceptors (Lipinski definition) is 4. The van der Waals surface area contributed by atoms with E-state index >= 15 is 0 Å². The first-order chi connectivity index (χ1) is 9.47. The minimum Gasteiger partial charge on any atom is -0.430 e. The largest absolute Gasteiger partial charge is 0.430 e. The molecule has 0 bridgehead atoms. The SMILES string of the molecule is C=C(C)Cn1cnc2c(oc3nc(C)cc(C)c32)c1=O. The second-order valence-electron chi connectivity index (χ2n) is 5.18. The molecule has 3 aromatic rings. The van der Waals surface area contributed by atoms with E-state index in [0.717, 1.165) is 22.2 Å². The quantitative estimate of drug-likeness (QED) is 0.671. The molecule has 102 valence electrons. The third-order valence-electron chi connectivity index (χ3n) is 3.18. The summed E-state index contributed by atoms with van der Waals surface area (Å²) >= 11 is 0. The molecule has 0 saturated carbocycles. The van der Waals surface area contributed by atoms with Crippen molar-refractivity contribution in [1.82, 2.24) is 14.5 Å². The smallest absolute Gasteiger partial charge is 0.297 e. The Morgan fingerprint density at radius 3 is 2.90 bits per heavy atom. The molecule has 0 spiro atoms. The van der Waals surface area contributed by atoms with Crippen LogP contribution in [0.2, 0.25) is 0 Å². The van der Waals surface area contributed by atoms with Crippen molar-refractivity contribution in [3.63, 3.8) is 0 Å². The van der Waals surface area contributed by atoms with Crippen LogP contribution in [-0.4, -0.2) is 14.5 Å². The van der Waals surface area contributed by atoms with Crippen molar-refractivity contribution in [2.45, 2.75) is 27.3 Å². The molecule has 5 heteroatoms. The number of rotatable bonds is 2. The van der Waals surface area contributed by atoms with Crippen LogP contribution in [0.25, 0.3) is 22.2 Å². The van der Waals surface area contributed by atoms with Crippen LogP contribution in [0, 0.1) is 13.8 Å². The van der Waals surface area contributed by atoms with Gasteiger partial charge in [-0.15, -0.1) is 0 Å². The summed E-state index contributed by atoms with van der Waals surface area (Å²) in [5.41, 5.74) is 3.85. The number of aryl methyl sites for hydroxylation is 2. The van der Waals surface area contributed by atoms with Crippen molar-refractivity contribution >= 4 is 22.2 Å². The van der Waals surface area contributed by atoms with Gasteiger partial charge in [0.25, 0.3) is 5.56 Å². The molecule has 0 atom stereocenters. The molecule has 0 radical (unpaired) electrons. The van der Waals surface area contributed by atoms with Crippen LogP contribution in [-0.2, 0) is 6.54 Å². The van der Waals surface area contributed by atoms with Crippen molar-refractivity contribution in [3.8, 4) is 0 Å². The summed E-state index contributed by atoms with van der Waals surface area (Å²) in [7, 11) is 0. The number of nitrogens with zero attached hydrogens (tertiary/aromatic N) is 3. The molecule has 0 amide bonds. The summed E-state index contributed by atoms with van der Waals surface area (Å²) in [6.45, 7) is 9.97. The second kappa shape index (κ2) is 4.30. The fourth-order valence-corrected chi connectivity index (χ4v) is 2.40. The van der Waals surface area contributed by atoms with Gasteiger partial charge in [0.2, 0.25) is 11.3 Å². The predicted molar refractivity (Wildman–Crippen MR) is 77.9 cm³/mol. The van der Waals surface area contributed by atoms with E-state index in [1.807, 2.05) is 26.8 Å². The zero-order valence-electron chi connectivity index (χ0n) is 11.7. The van der Waals surface area contributed by atoms with Crippen molar-refractivity contribution in [1.29, 1.82) is 0 Å². The highest BCUT2D eigenvalue weighted by Gasteiger charge is 2.16. The molecule has 0 aliphatic carbocycles. The number of hydrogen-bond donors (Lipinski definition) is 0. The van der Waals surface area contributed by atoms with E-state index in [1.165, 1.54) is 10.9 Å². The van der Waals surface area contributed by atoms with Crippen LogP contribution in [0.1, 0.15) is 18.2 Å². The summed E-state index contributed by atoms with van der Waals surface area (Å²) in [6, 6.07) is 1.96. The third kappa shape index (κ3) is 1.82. The number of allylic oxidation sites excluding steroid dienone is 1. The fraction of sp³-hybridized carbons (Fsp3) is 0.267. The average Bonchev–Trinajstić information content (AvgIpc) is 2.71. The standard InChI is InChI=1S/C15H15N3O2/c1-8(2)6-18-7-16-12-11-9(3)5-10(4)17-14(11)20-13(12)15(18)19/h5,7H,1,6H2,2-4H3. The van der Waals surface area contributed by atoms with Gasteiger partial charge in [0, 0.05) is 12.2 Å². The lowest BCUT2D eigenvalue weighted by Crippen LogP contribution is -2.20. The zero-order chi connectivity index (χ0) is 14.4. The minimum absolute atomic E-state index is 0.201. The molecular weight excluding hydrogens is 254 g/mol. The van der Waals surface area contributed by atoms with Gasteiger partial charge in [-0.1, -0.05) is 12.2 Å². The van der Waals surface area contributed by atoms with Crippen LogP contribution in [0.4, 0.5) is 0 Å². The van der Waals surface area contributed by atoms with E-state index in [9.17, 15) is 4.79 Å². The number of furan rings is 1. The summed E-state index contributed by atoms with van der Waals surface area (Å²) in [4.78, 5) is 21.1. The van der Waals surface area contributed by atoms with Gasteiger partial charge in [-0.2, -0.15) is 0 Å². The van der Waals surface area contributed by atoms with E-state index in [-0.39, 0.29) is 11.1 Å². The number of pyridine rings is 1. The summed E-state index contributed by atoms with van der Waals surface area (Å²) in [6.07, 6.45) is 1.54. The van der Waals surface area contributed by atoms with E-state index in [1.54, 1.807) is 0 Å². The van der Waals surface area contributed by atoms with Crippen LogP contribution in [0.15, 0.2) is 33.8 Å². The topological polar surface area (TPSA) is 60.9 Å². The highest BCUT2D eigenvalue weighted by atomic mass is 16.3. The first-order valence-corrected chi connectivity index (χ1v) is 6.37. The molecule has 0 saturated heterocycles. The molecule has 20 heavy (non-hydrogen) atoms. The van der Waals surface area contributed by atoms with Crippen LogP contribution in [0.5, 0.6) is 0 Å². The first-order valence-electron chi connectivity index (χ1n) is 6.37.